The summed E-state index contributed by atoms with van der Waals surface area (Å²) in [7, 11) is -2.06. The van der Waals surface area contributed by atoms with Crippen molar-refractivity contribution in [3.8, 4) is 11.1 Å². The third kappa shape index (κ3) is 7.80. The van der Waals surface area contributed by atoms with Crippen molar-refractivity contribution in [3.63, 3.8) is 0 Å². The molecule has 1 saturated heterocycles. The molecule has 1 fully saturated rings. The first-order valence-electron chi connectivity index (χ1n) is 14.1. The number of halogens is 7. The molecular weight excluding hydrogens is 641 g/mol. The summed E-state index contributed by atoms with van der Waals surface area (Å²) in [6.45, 7) is 5.01. The van der Waals surface area contributed by atoms with Crippen molar-refractivity contribution < 1.29 is 43.9 Å². The Balaban J connectivity index is 1.76. The van der Waals surface area contributed by atoms with Gasteiger partial charge in [0.15, 0.2) is 0 Å². The summed E-state index contributed by atoms with van der Waals surface area (Å²) < 4.78 is 122. The number of hydrogen-bond donors (Lipinski definition) is 1. The number of anilines is 2. The summed E-state index contributed by atoms with van der Waals surface area (Å²) >= 11 is 0. The van der Waals surface area contributed by atoms with Crippen LogP contribution in [0, 0.1) is 12.7 Å². The molecule has 1 amide bonds. The quantitative estimate of drug-likeness (QED) is 0.283. The number of pyridine rings is 1. The largest absolute Gasteiger partial charge is 0.416 e. The van der Waals surface area contributed by atoms with Gasteiger partial charge in [-0.2, -0.15) is 26.3 Å². The van der Waals surface area contributed by atoms with Crippen molar-refractivity contribution in [1.82, 2.24) is 9.71 Å². The highest BCUT2D eigenvalue weighted by Gasteiger charge is 2.41. The monoisotopic (exact) mass is 674 g/mol. The number of aryl methyl sites for hydroxylation is 1. The number of hydrogen-bond acceptors (Lipinski definition) is 5. The van der Waals surface area contributed by atoms with E-state index in [0.29, 0.717) is 60.6 Å². The predicted octanol–water partition coefficient (Wildman–Crippen LogP) is 6.69. The van der Waals surface area contributed by atoms with Crippen molar-refractivity contribution >= 4 is 27.4 Å². The van der Waals surface area contributed by atoms with Crippen LogP contribution >= 0.6 is 0 Å². The number of piperidine rings is 1. The van der Waals surface area contributed by atoms with E-state index >= 15 is 0 Å². The number of amides is 1. The van der Waals surface area contributed by atoms with Crippen LogP contribution in [0.15, 0.2) is 48.7 Å². The number of sulfonamides is 1. The van der Waals surface area contributed by atoms with E-state index in [1.165, 1.54) is 45.3 Å². The van der Waals surface area contributed by atoms with Crippen molar-refractivity contribution in [2.45, 2.75) is 57.4 Å². The topological polar surface area (TPSA) is 82.6 Å². The Kier molecular flexibility index (Phi) is 9.53. The van der Waals surface area contributed by atoms with E-state index in [1.54, 1.807) is 13.0 Å². The SMILES string of the molecule is Cc1cc(F)ccc1-c1cc(N2CCC(NS(C)(=O)=O)CC2)ncc1N(C)C(=O)C(C)(C)c1cc(C(F)(F)F)cc(C(F)(F)F)c1. The summed E-state index contributed by atoms with van der Waals surface area (Å²) in [5.74, 6) is -0.843. The van der Waals surface area contributed by atoms with E-state index in [0.717, 1.165) is 11.2 Å². The summed E-state index contributed by atoms with van der Waals surface area (Å²) in [5.41, 5.74) is -3.79. The molecule has 2 heterocycles. The molecule has 0 radical (unpaired) electrons. The van der Waals surface area contributed by atoms with E-state index in [9.17, 15) is 43.9 Å². The average molecular weight is 675 g/mol. The van der Waals surface area contributed by atoms with Crippen molar-refractivity contribution in [2.75, 3.05) is 36.2 Å². The lowest BCUT2D eigenvalue weighted by molar-refractivity contribution is -0.143. The fourth-order valence-corrected chi connectivity index (χ4v) is 6.36. The van der Waals surface area contributed by atoms with Gasteiger partial charge in [-0.25, -0.2) is 22.5 Å². The third-order valence-electron chi connectivity index (χ3n) is 8.06. The molecule has 0 bridgehead atoms. The zero-order valence-corrected chi connectivity index (χ0v) is 26.5. The number of likely N-dealkylation sites (N-methyl/N-ethyl adjacent to an activating group) is 1. The minimum atomic E-state index is -5.09. The maximum atomic E-state index is 14.1. The van der Waals surface area contributed by atoms with Gasteiger partial charge in [-0.1, -0.05) is 6.07 Å². The van der Waals surface area contributed by atoms with Crippen LogP contribution in [-0.2, 0) is 32.6 Å². The maximum absolute atomic E-state index is 14.1. The molecule has 15 heteroatoms. The average Bonchev–Trinajstić information content (AvgIpc) is 2.94. The summed E-state index contributed by atoms with van der Waals surface area (Å²) in [5, 5.41) is 0. The van der Waals surface area contributed by atoms with Gasteiger partial charge in [-0.3, -0.25) is 4.79 Å². The Labute approximate surface area is 262 Å². The molecule has 1 aliphatic rings. The Hall–Kier alpha value is -3.72. The molecule has 1 N–H and O–H groups in total. The Morgan fingerprint density at radius 3 is 1.96 bits per heavy atom. The van der Waals surface area contributed by atoms with Crippen molar-refractivity contribution in [2.24, 2.45) is 0 Å². The molecule has 0 unspecified atom stereocenters. The molecule has 46 heavy (non-hydrogen) atoms. The highest BCUT2D eigenvalue weighted by atomic mass is 32.2. The van der Waals surface area contributed by atoms with Gasteiger partial charge in [-0.15, -0.1) is 0 Å². The lowest BCUT2D eigenvalue weighted by Gasteiger charge is -2.34. The van der Waals surface area contributed by atoms with Gasteiger partial charge in [0.05, 0.1) is 34.7 Å². The second-order valence-corrected chi connectivity index (χ2v) is 13.7. The van der Waals surface area contributed by atoms with Crippen LogP contribution in [0.4, 0.5) is 42.2 Å². The van der Waals surface area contributed by atoms with Gasteiger partial charge in [-0.05, 0) is 86.7 Å². The molecule has 1 aromatic heterocycles. The van der Waals surface area contributed by atoms with Gasteiger partial charge < -0.3 is 9.80 Å². The Morgan fingerprint density at radius 1 is 0.913 bits per heavy atom. The molecule has 0 spiro atoms. The lowest BCUT2D eigenvalue weighted by atomic mass is 9.81. The number of carbonyl (C=O) groups excluding carboxylic acids is 1. The number of nitrogens with one attached hydrogen (secondary N) is 1. The summed E-state index contributed by atoms with van der Waals surface area (Å²) in [6, 6.07) is 6.50. The van der Waals surface area contributed by atoms with Crippen LogP contribution in [0.25, 0.3) is 11.1 Å². The highest BCUT2D eigenvalue weighted by molar-refractivity contribution is 7.88. The molecular formula is C31H33F7N4O3S. The second kappa shape index (κ2) is 12.5. The summed E-state index contributed by atoms with van der Waals surface area (Å²) in [6.07, 6.45) is -6.75. The zero-order chi connectivity index (χ0) is 34.4. The van der Waals surface area contributed by atoms with Gasteiger partial charge in [0, 0.05) is 31.7 Å². The van der Waals surface area contributed by atoms with E-state index in [1.807, 2.05) is 4.90 Å². The van der Waals surface area contributed by atoms with Crippen molar-refractivity contribution in [1.29, 1.82) is 0 Å². The number of aromatic nitrogens is 1. The second-order valence-electron chi connectivity index (χ2n) is 12.0. The molecule has 0 atom stereocenters. The first-order valence-corrected chi connectivity index (χ1v) is 16.0. The molecule has 250 valence electrons. The fourth-order valence-electron chi connectivity index (χ4n) is 5.52. The van der Waals surface area contributed by atoms with Gasteiger partial charge in [0.25, 0.3) is 0 Å². The number of nitrogens with zero attached hydrogens (tertiary/aromatic N) is 3. The number of carbonyl (C=O) groups is 1. The molecule has 1 aliphatic heterocycles. The smallest absolute Gasteiger partial charge is 0.356 e. The predicted molar refractivity (Wildman–Crippen MR) is 160 cm³/mol. The molecule has 7 nitrogen and oxygen atoms in total. The highest BCUT2D eigenvalue weighted by Crippen LogP contribution is 2.41. The molecule has 2 aromatic carbocycles. The maximum Gasteiger partial charge on any atom is 0.416 e. The fraction of sp³-hybridized carbons (Fsp3) is 0.419. The summed E-state index contributed by atoms with van der Waals surface area (Å²) in [4.78, 5) is 21.5. The Bertz CT molecular complexity index is 1700. The molecule has 0 saturated carbocycles. The Morgan fingerprint density at radius 2 is 1.46 bits per heavy atom. The van der Waals surface area contributed by atoms with Crippen LogP contribution in [0.1, 0.15) is 48.9 Å². The van der Waals surface area contributed by atoms with Gasteiger partial charge in [0.2, 0.25) is 15.9 Å². The molecule has 3 aromatic rings. The van der Waals surface area contributed by atoms with E-state index < -0.39 is 56.2 Å². The number of rotatable bonds is 7. The van der Waals surface area contributed by atoms with Crippen LogP contribution in [0.3, 0.4) is 0 Å². The van der Waals surface area contributed by atoms with Crippen LogP contribution in [0.5, 0.6) is 0 Å². The molecule has 0 aliphatic carbocycles. The first kappa shape index (κ1) is 35.1. The first-order chi connectivity index (χ1) is 21.1. The van der Waals surface area contributed by atoms with E-state index in [4.69, 9.17) is 0 Å². The van der Waals surface area contributed by atoms with Gasteiger partial charge in [0.1, 0.15) is 11.6 Å². The third-order valence-corrected chi connectivity index (χ3v) is 8.82. The standard InChI is InChI=1S/C31H33F7N4O3S/c1-18-12-22(32)6-7-24(18)25-16-27(42-10-8-23(9-11-42)40-46(5,44)45)39-17-26(25)41(4)28(43)29(2,3)19-13-20(30(33,34)35)15-21(14-19)31(36,37)38/h6-7,12-17,23,40H,8-11H2,1-5H3. The normalized spacial score (nSPS) is 15.3. The lowest BCUT2D eigenvalue weighted by Crippen LogP contribution is -2.44. The van der Waals surface area contributed by atoms with Crippen LogP contribution < -0.4 is 14.5 Å². The number of alkyl halides is 6. The zero-order valence-electron chi connectivity index (χ0n) is 25.6. The minimum Gasteiger partial charge on any atom is -0.356 e. The van der Waals surface area contributed by atoms with E-state index in [2.05, 4.69) is 9.71 Å². The van der Waals surface area contributed by atoms with Crippen LogP contribution in [-0.4, -0.2) is 51.7 Å². The number of benzene rings is 2. The minimum absolute atomic E-state index is 0.00583. The van der Waals surface area contributed by atoms with Crippen LogP contribution in [0.2, 0.25) is 0 Å². The van der Waals surface area contributed by atoms with Gasteiger partial charge >= 0.3 is 12.4 Å². The molecule has 4 rings (SSSR count). The van der Waals surface area contributed by atoms with E-state index in [-0.39, 0.29) is 17.8 Å². The van der Waals surface area contributed by atoms with Crippen molar-refractivity contribution in [3.05, 3.63) is 76.7 Å².